The summed E-state index contributed by atoms with van der Waals surface area (Å²) in [7, 11) is 1.58. The molecule has 1 aliphatic carbocycles. The van der Waals surface area contributed by atoms with Crippen LogP contribution < -0.4 is 10.3 Å². The number of para-hydroxylation sites is 1. The molecular formula is C21H28N2O3. The van der Waals surface area contributed by atoms with Gasteiger partial charge < -0.3 is 14.4 Å². The van der Waals surface area contributed by atoms with Gasteiger partial charge in [0, 0.05) is 24.2 Å². The van der Waals surface area contributed by atoms with E-state index < -0.39 is 0 Å². The highest BCUT2D eigenvalue weighted by Gasteiger charge is 2.18. The fourth-order valence-corrected chi connectivity index (χ4v) is 3.71. The van der Waals surface area contributed by atoms with Crippen molar-refractivity contribution in [3.05, 3.63) is 34.1 Å². The summed E-state index contributed by atoms with van der Waals surface area (Å²) in [4.78, 5) is 17.7. The summed E-state index contributed by atoms with van der Waals surface area (Å²) in [5.41, 5.74) is 0.737. The molecule has 26 heavy (non-hydrogen) atoms. The van der Waals surface area contributed by atoms with Crippen LogP contribution in [0, 0.1) is 0 Å². The standard InChI is InChI=1S/C21H28N2O3/c1-3-4-13-23-19-16(11-8-12-18(19)26-2)20(24)17(21(23)25)14-22-15-9-6-5-7-10-15/h8,11-12,14-15,24H,3-7,9-10,13H2,1-2H3. The van der Waals surface area contributed by atoms with Crippen molar-refractivity contribution < 1.29 is 9.84 Å². The smallest absolute Gasteiger partial charge is 0.263 e. The zero-order chi connectivity index (χ0) is 18.5. The summed E-state index contributed by atoms with van der Waals surface area (Å²) in [5.74, 6) is 0.595. The number of unbranched alkanes of at least 4 members (excludes halogenated alkanes) is 1. The van der Waals surface area contributed by atoms with Crippen LogP contribution in [0.25, 0.3) is 10.9 Å². The second-order valence-corrected chi connectivity index (χ2v) is 7.00. The van der Waals surface area contributed by atoms with E-state index in [1.165, 1.54) is 19.3 Å². The number of aromatic nitrogens is 1. The fourth-order valence-electron chi connectivity index (χ4n) is 3.71. The predicted molar refractivity (Wildman–Crippen MR) is 106 cm³/mol. The predicted octanol–water partition coefficient (Wildman–Crippen LogP) is 4.27. The van der Waals surface area contributed by atoms with Gasteiger partial charge in [-0.15, -0.1) is 0 Å². The van der Waals surface area contributed by atoms with Crippen LogP contribution in [0.1, 0.15) is 57.4 Å². The van der Waals surface area contributed by atoms with Gasteiger partial charge in [0.1, 0.15) is 17.1 Å². The number of methoxy groups -OCH3 is 1. The molecule has 1 aromatic carbocycles. The highest BCUT2D eigenvalue weighted by atomic mass is 16.5. The second kappa shape index (κ2) is 8.39. The van der Waals surface area contributed by atoms with Gasteiger partial charge in [-0.25, -0.2) is 0 Å². The molecule has 0 atom stereocenters. The lowest BCUT2D eigenvalue weighted by Crippen LogP contribution is -2.25. The Morgan fingerprint density at radius 1 is 1.31 bits per heavy atom. The zero-order valence-corrected chi connectivity index (χ0v) is 15.7. The molecule has 1 aliphatic rings. The molecule has 0 spiro atoms. The van der Waals surface area contributed by atoms with Gasteiger partial charge in [-0.2, -0.15) is 0 Å². The second-order valence-electron chi connectivity index (χ2n) is 7.00. The number of aryl methyl sites for hydroxylation is 1. The van der Waals surface area contributed by atoms with E-state index in [1.54, 1.807) is 17.9 Å². The normalized spacial score (nSPS) is 15.8. The van der Waals surface area contributed by atoms with E-state index in [0.717, 1.165) is 25.7 Å². The Morgan fingerprint density at radius 2 is 2.08 bits per heavy atom. The molecule has 3 rings (SSSR count). The maximum atomic E-state index is 13.1. The SMILES string of the molecule is CCCCn1c(=O)c(C=NC2CCCCC2)c(O)c2cccc(OC)c21. The maximum absolute atomic E-state index is 13.1. The van der Waals surface area contributed by atoms with Crippen LogP contribution in [0.2, 0.25) is 0 Å². The van der Waals surface area contributed by atoms with Crippen molar-refractivity contribution in [1.82, 2.24) is 4.57 Å². The zero-order valence-electron chi connectivity index (χ0n) is 15.7. The van der Waals surface area contributed by atoms with Crippen molar-refractivity contribution in [1.29, 1.82) is 0 Å². The Bertz CT molecular complexity index is 848. The van der Waals surface area contributed by atoms with Crippen LogP contribution >= 0.6 is 0 Å². The number of hydrogen-bond donors (Lipinski definition) is 1. The minimum atomic E-state index is -0.201. The van der Waals surface area contributed by atoms with Gasteiger partial charge in [0.25, 0.3) is 5.56 Å². The highest BCUT2D eigenvalue weighted by Crippen LogP contribution is 2.32. The minimum absolute atomic E-state index is 0.00351. The number of benzene rings is 1. The monoisotopic (exact) mass is 356 g/mol. The molecule has 0 amide bonds. The Labute approximate surface area is 154 Å². The molecular weight excluding hydrogens is 328 g/mol. The van der Waals surface area contributed by atoms with Gasteiger partial charge in [-0.05, 0) is 31.4 Å². The molecule has 0 bridgehead atoms. The minimum Gasteiger partial charge on any atom is -0.506 e. The van der Waals surface area contributed by atoms with E-state index in [-0.39, 0.29) is 22.9 Å². The number of aromatic hydroxyl groups is 1. The first-order valence-electron chi connectivity index (χ1n) is 9.63. The molecule has 0 aliphatic heterocycles. The Hall–Kier alpha value is -2.30. The van der Waals surface area contributed by atoms with Crippen LogP contribution in [-0.2, 0) is 6.54 Å². The highest BCUT2D eigenvalue weighted by molar-refractivity contribution is 5.97. The topological polar surface area (TPSA) is 63.8 Å². The number of nitrogens with zero attached hydrogens (tertiary/aromatic N) is 2. The molecule has 1 fully saturated rings. The fraction of sp³-hybridized carbons (Fsp3) is 0.524. The molecule has 5 heteroatoms. The number of ether oxygens (including phenoxy) is 1. The van der Waals surface area contributed by atoms with Gasteiger partial charge >= 0.3 is 0 Å². The van der Waals surface area contributed by atoms with Gasteiger partial charge in [0.15, 0.2) is 0 Å². The molecule has 0 radical (unpaired) electrons. The average Bonchev–Trinajstić information content (AvgIpc) is 2.68. The Kier molecular flexibility index (Phi) is 5.96. The number of pyridine rings is 1. The summed E-state index contributed by atoms with van der Waals surface area (Å²) in [6.45, 7) is 2.69. The molecule has 2 aromatic rings. The summed E-state index contributed by atoms with van der Waals surface area (Å²) in [5, 5.41) is 11.4. The Morgan fingerprint density at radius 3 is 2.77 bits per heavy atom. The summed E-state index contributed by atoms with van der Waals surface area (Å²) < 4.78 is 7.17. The molecule has 1 saturated carbocycles. The van der Waals surface area contributed by atoms with Crippen LogP contribution in [-0.4, -0.2) is 29.0 Å². The largest absolute Gasteiger partial charge is 0.506 e. The van der Waals surface area contributed by atoms with E-state index in [4.69, 9.17) is 4.74 Å². The van der Waals surface area contributed by atoms with E-state index in [0.29, 0.717) is 23.2 Å². The summed E-state index contributed by atoms with van der Waals surface area (Å²) >= 11 is 0. The van der Waals surface area contributed by atoms with Gasteiger partial charge in [0.2, 0.25) is 0 Å². The third-order valence-electron chi connectivity index (χ3n) is 5.20. The molecule has 0 saturated heterocycles. The lowest BCUT2D eigenvalue weighted by atomic mass is 9.96. The Balaban J connectivity index is 2.14. The number of rotatable bonds is 6. The van der Waals surface area contributed by atoms with E-state index in [2.05, 4.69) is 11.9 Å². The van der Waals surface area contributed by atoms with E-state index >= 15 is 0 Å². The van der Waals surface area contributed by atoms with Crippen molar-refractivity contribution in [2.24, 2.45) is 4.99 Å². The molecule has 1 aromatic heterocycles. The number of hydrogen-bond acceptors (Lipinski definition) is 4. The first-order valence-corrected chi connectivity index (χ1v) is 9.63. The van der Waals surface area contributed by atoms with Crippen molar-refractivity contribution in [3.63, 3.8) is 0 Å². The average molecular weight is 356 g/mol. The van der Waals surface area contributed by atoms with Crippen molar-refractivity contribution in [2.45, 2.75) is 64.5 Å². The van der Waals surface area contributed by atoms with Crippen molar-refractivity contribution >= 4 is 17.1 Å². The number of aliphatic imine (C=N–C) groups is 1. The van der Waals surface area contributed by atoms with E-state index in [1.807, 2.05) is 18.2 Å². The summed E-state index contributed by atoms with van der Waals surface area (Å²) in [6.07, 6.45) is 9.21. The van der Waals surface area contributed by atoms with Crippen molar-refractivity contribution in [3.8, 4) is 11.5 Å². The molecule has 1 N–H and O–H groups in total. The first kappa shape index (κ1) is 18.5. The van der Waals surface area contributed by atoms with E-state index in [9.17, 15) is 9.90 Å². The lowest BCUT2D eigenvalue weighted by Gasteiger charge is -2.18. The lowest BCUT2D eigenvalue weighted by molar-refractivity contribution is 0.415. The van der Waals surface area contributed by atoms with Crippen LogP contribution in [0.3, 0.4) is 0 Å². The van der Waals surface area contributed by atoms with Crippen LogP contribution in [0.15, 0.2) is 28.0 Å². The molecule has 1 heterocycles. The van der Waals surface area contributed by atoms with Crippen LogP contribution in [0.4, 0.5) is 0 Å². The summed E-state index contributed by atoms with van der Waals surface area (Å²) in [6, 6.07) is 5.73. The molecule has 0 unspecified atom stereocenters. The van der Waals surface area contributed by atoms with Gasteiger partial charge in [-0.1, -0.05) is 38.7 Å². The molecule has 5 nitrogen and oxygen atoms in total. The van der Waals surface area contributed by atoms with Gasteiger partial charge in [-0.3, -0.25) is 9.79 Å². The first-order chi connectivity index (χ1) is 12.7. The number of fused-ring (bicyclic) bond motifs is 1. The van der Waals surface area contributed by atoms with Crippen molar-refractivity contribution in [2.75, 3.05) is 7.11 Å². The van der Waals surface area contributed by atoms with Gasteiger partial charge in [0.05, 0.1) is 12.6 Å². The third kappa shape index (κ3) is 3.62. The third-order valence-corrected chi connectivity index (χ3v) is 5.20. The molecule has 140 valence electrons. The quantitative estimate of drug-likeness (QED) is 0.786. The maximum Gasteiger partial charge on any atom is 0.263 e. The van der Waals surface area contributed by atoms with Crippen LogP contribution in [0.5, 0.6) is 11.5 Å².